The maximum atomic E-state index is 13.3. The van der Waals surface area contributed by atoms with Gasteiger partial charge in [-0.05, 0) is 54.8 Å². The largest absolute Gasteiger partial charge is 0.352 e. The van der Waals surface area contributed by atoms with Crippen LogP contribution < -0.4 is 11.2 Å². The van der Waals surface area contributed by atoms with Crippen molar-refractivity contribution in [3.05, 3.63) is 92.3 Å². The summed E-state index contributed by atoms with van der Waals surface area (Å²) < 4.78 is 28.3. The predicted molar refractivity (Wildman–Crippen MR) is 105 cm³/mol. The standard InChI is InChI=1S/C21H18F2N4O3/c22-15-5-3-14(4-6-15)13-26-20(29)18(19(28)25-11-1-2-12-25)24-27(21(26)30)17-9-7-16(23)8-10-17/h3-10H,1-2,11-13H2. The number of amides is 1. The molecule has 0 bridgehead atoms. The van der Waals surface area contributed by atoms with Crippen LogP contribution in [0.3, 0.4) is 0 Å². The predicted octanol–water partition coefficient (Wildman–Crippen LogP) is 1.96. The number of aromatic nitrogens is 3. The molecule has 0 spiro atoms. The quantitative estimate of drug-likeness (QED) is 0.657. The van der Waals surface area contributed by atoms with Gasteiger partial charge in [-0.15, -0.1) is 0 Å². The number of carbonyl (C=O) groups is 1. The highest BCUT2D eigenvalue weighted by atomic mass is 19.1. The first-order chi connectivity index (χ1) is 14.4. The highest BCUT2D eigenvalue weighted by Gasteiger charge is 2.26. The van der Waals surface area contributed by atoms with Crippen LogP contribution in [-0.4, -0.2) is 38.2 Å². The van der Waals surface area contributed by atoms with E-state index in [1.165, 1.54) is 41.3 Å². The monoisotopic (exact) mass is 412 g/mol. The van der Waals surface area contributed by atoms with Crippen LogP contribution in [0.5, 0.6) is 0 Å². The van der Waals surface area contributed by atoms with Gasteiger partial charge in [0.1, 0.15) is 11.6 Å². The van der Waals surface area contributed by atoms with Crippen LogP contribution in [-0.2, 0) is 6.54 Å². The Labute approximate surface area is 169 Å². The third-order valence-electron chi connectivity index (χ3n) is 4.98. The molecular formula is C21H18F2N4O3. The van der Waals surface area contributed by atoms with Crippen LogP contribution in [0.15, 0.2) is 58.1 Å². The Balaban J connectivity index is 1.87. The number of nitrogens with zero attached hydrogens (tertiary/aromatic N) is 4. The van der Waals surface area contributed by atoms with Crippen molar-refractivity contribution < 1.29 is 13.6 Å². The molecule has 2 aromatic carbocycles. The van der Waals surface area contributed by atoms with Gasteiger partial charge >= 0.3 is 5.69 Å². The summed E-state index contributed by atoms with van der Waals surface area (Å²) in [6, 6.07) is 10.3. The molecular weight excluding hydrogens is 394 g/mol. The molecule has 154 valence electrons. The molecule has 1 aliphatic rings. The number of benzene rings is 2. The van der Waals surface area contributed by atoms with E-state index in [0.29, 0.717) is 18.7 Å². The molecule has 3 aromatic rings. The Morgan fingerprint density at radius 2 is 1.47 bits per heavy atom. The minimum Gasteiger partial charge on any atom is -0.337 e. The van der Waals surface area contributed by atoms with E-state index in [-0.39, 0.29) is 17.9 Å². The fourth-order valence-electron chi connectivity index (χ4n) is 3.38. The second-order valence-corrected chi connectivity index (χ2v) is 7.04. The van der Waals surface area contributed by atoms with E-state index in [1.54, 1.807) is 0 Å². The number of hydrogen-bond donors (Lipinski definition) is 0. The summed E-state index contributed by atoms with van der Waals surface area (Å²) in [5.74, 6) is -1.50. The Morgan fingerprint density at radius 3 is 2.07 bits per heavy atom. The first-order valence-corrected chi connectivity index (χ1v) is 9.48. The van der Waals surface area contributed by atoms with Crippen LogP contribution in [0.4, 0.5) is 8.78 Å². The summed E-state index contributed by atoms with van der Waals surface area (Å²) in [6.07, 6.45) is 1.65. The average Bonchev–Trinajstić information content (AvgIpc) is 3.28. The van der Waals surface area contributed by atoms with E-state index in [0.717, 1.165) is 34.2 Å². The molecule has 30 heavy (non-hydrogen) atoms. The summed E-state index contributed by atoms with van der Waals surface area (Å²) >= 11 is 0. The molecule has 7 nitrogen and oxygen atoms in total. The maximum absolute atomic E-state index is 13.3. The van der Waals surface area contributed by atoms with E-state index in [1.807, 2.05) is 0 Å². The zero-order chi connectivity index (χ0) is 21.3. The number of likely N-dealkylation sites (tertiary alicyclic amines) is 1. The smallest absolute Gasteiger partial charge is 0.337 e. The van der Waals surface area contributed by atoms with Crippen LogP contribution in [0.25, 0.3) is 5.69 Å². The Kier molecular flexibility index (Phi) is 5.26. The summed E-state index contributed by atoms with van der Waals surface area (Å²) in [4.78, 5) is 40.4. The number of rotatable bonds is 4. The van der Waals surface area contributed by atoms with Crippen LogP contribution in [0, 0.1) is 11.6 Å². The Hall–Kier alpha value is -3.62. The minimum atomic E-state index is -0.820. The summed E-state index contributed by atoms with van der Waals surface area (Å²) in [5, 5.41) is 4.03. The molecule has 0 N–H and O–H groups in total. The molecule has 0 unspecified atom stereocenters. The van der Waals surface area contributed by atoms with Gasteiger partial charge in [0.2, 0.25) is 5.69 Å². The normalized spacial score (nSPS) is 13.6. The van der Waals surface area contributed by atoms with Gasteiger partial charge in [0.15, 0.2) is 0 Å². The maximum Gasteiger partial charge on any atom is 0.352 e. The molecule has 0 atom stereocenters. The Morgan fingerprint density at radius 1 is 0.900 bits per heavy atom. The molecule has 1 amide bonds. The van der Waals surface area contributed by atoms with Crippen molar-refractivity contribution in [3.8, 4) is 5.69 Å². The molecule has 0 aliphatic carbocycles. The lowest BCUT2D eigenvalue weighted by Gasteiger charge is -2.16. The molecule has 1 fully saturated rings. The lowest BCUT2D eigenvalue weighted by Crippen LogP contribution is -2.46. The average molecular weight is 412 g/mol. The van der Waals surface area contributed by atoms with E-state index < -0.39 is 28.8 Å². The second-order valence-electron chi connectivity index (χ2n) is 7.04. The number of hydrogen-bond acceptors (Lipinski definition) is 4. The van der Waals surface area contributed by atoms with Crippen molar-refractivity contribution in [2.75, 3.05) is 13.1 Å². The topological polar surface area (TPSA) is 77.2 Å². The van der Waals surface area contributed by atoms with Crippen LogP contribution in [0.1, 0.15) is 28.9 Å². The van der Waals surface area contributed by atoms with E-state index >= 15 is 0 Å². The number of carbonyl (C=O) groups excluding carboxylic acids is 1. The Bertz CT molecular complexity index is 1190. The molecule has 0 radical (unpaired) electrons. The second kappa shape index (κ2) is 8.02. The van der Waals surface area contributed by atoms with Crippen molar-refractivity contribution in [2.45, 2.75) is 19.4 Å². The summed E-state index contributed by atoms with van der Waals surface area (Å²) in [5.41, 5.74) is -1.27. The first kappa shape index (κ1) is 19.7. The summed E-state index contributed by atoms with van der Waals surface area (Å²) in [7, 11) is 0. The zero-order valence-corrected chi connectivity index (χ0v) is 15.9. The third kappa shape index (κ3) is 3.78. The third-order valence-corrected chi connectivity index (χ3v) is 4.98. The minimum absolute atomic E-state index is 0.165. The van der Waals surface area contributed by atoms with Gasteiger partial charge in [0.05, 0.1) is 12.2 Å². The fraction of sp³-hybridized carbons (Fsp3) is 0.238. The zero-order valence-electron chi connectivity index (χ0n) is 15.9. The van der Waals surface area contributed by atoms with Gasteiger partial charge in [-0.25, -0.2) is 13.6 Å². The molecule has 1 saturated heterocycles. The van der Waals surface area contributed by atoms with Crippen LogP contribution >= 0.6 is 0 Å². The van der Waals surface area contributed by atoms with Crippen molar-refractivity contribution in [3.63, 3.8) is 0 Å². The van der Waals surface area contributed by atoms with Crippen molar-refractivity contribution >= 4 is 5.91 Å². The molecule has 4 rings (SSSR count). The molecule has 2 heterocycles. The highest BCUT2D eigenvalue weighted by Crippen LogP contribution is 2.11. The van der Waals surface area contributed by atoms with Gasteiger partial charge in [-0.2, -0.15) is 9.78 Å². The first-order valence-electron chi connectivity index (χ1n) is 9.48. The van der Waals surface area contributed by atoms with Crippen molar-refractivity contribution in [1.82, 2.24) is 19.2 Å². The van der Waals surface area contributed by atoms with E-state index in [9.17, 15) is 23.2 Å². The van der Waals surface area contributed by atoms with Gasteiger partial charge in [-0.1, -0.05) is 12.1 Å². The van der Waals surface area contributed by atoms with Gasteiger partial charge in [0, 0.05) is 13.1 Å². The van der Waals surface area contributed by atoms with Crippen molar-refractivity contribution in [1.29, 1.82) is 0 Å². The van der Waals surface area contributed by atoms with Gasteiger partial charge in [0.25, 0.3) is 11.5 Å². The molecule has 1 aliphatic heterocycles. The van der Waals surface area contributed by atoms with Crippen LogP contribution in [0.2, 0.25) is 0 Å². The SMILES string of the molecule is O=C(c1nn(-c2ccc(F)cc2)c(=O)n(Cc2ccc(F)cc2)c1=O)N1CCCC1. The van der Waals surface area contributed by atoms with Crippen molar-refractivity contribution in [2.24, 2.45) is 0 Å². The highest BCUT2D eigenvalue weighted by molar-refractivity contribution is 5.92. The van der Waals surface area contributed by atoms with E-state index in [4.69, 9.17) is 0 Å². The molecule has 1 aromatic heterocycles. The number of halogens is 2. The fourth-order valence-corrected chi connectivity index (χ4v) is 3.38. The summed E-state index contributed by atoms with van der Waals surface area (Å²) in [6.45, 7) is 0.850. The lowest BCUT2D eigenvalue weighted by atomic mass is 10.2. The molecule has 0 saturated carbocycles. The van der Waals surface area contributed by atoms with Gasteiger partial charge < -0.3 is 4.90 Å². The molecule has 9 heteroatoms. The van der Waals surface area contributed by atoms with Gasteiger partial charge in [-0.3, -0.25) is 14.2 Å². The van der Waals surface area contributed by atoms with E-state index in [2.05, 4.69) is 5.10 Å². The lowest BCUT2D eigenvalue weighted by molar-refractivity contribution is 0.0781.